The van der Waals surface area contributed by atoms with E-state index in [0.717, 1.165) is 47.0 Å². The summed E-state index contributed by atoms with van der Waals surface area (Å²) in [6.07, 6.45) is 4.27. The molecular weight excluding hydrogens is 378 g/mol. The number of thiazole rings is 1. The maximum absolute atomic E-state index is 12.2. The second-order valence-electron chi connectivity index (χ2n) is 6.70. The Morgan fingerprint density at radius 1 is 1.15 bits per heavy atom. The molecule has 1 aromatic carbocycles. The van der Waals surface area contributed by atoms with Gasteiger partial charge in [-0.25, -0.2) is 4.98 Å². The summed E-state index contributed by atoms with van der Waals surface area (Å²) < 4.78 is 0. The molecule has 0 spiro atoms. The molecule has 1 aromatic heterocycles. The van der Waals surface area contributed by atoms with E-state index >= 15 is 0 Å². The molecule has 3 rings (SSSR count). The third-order valence-electron chi connectivity index (χ3n) is 4.61. The van der Waals surface area contributed by atoms with Gasteiger partial charge < -0.3 is 10.6 Å². The van der Waals surface area contributed by atoms with Crippen molar-refractivity contribution in [1.29, 1.82) is 0 Å². The van der Waals surface area contributed by atoms with Crippen molar-refractivity contribution in [2.45, 2.75) is 43.3 Å². The summed E-state index contributed by atoms with van der Waals surface area (Å²) in [7, 11) is 0. The molecule has 0 saturated heterocycles. The highest BCUT2D eigenvalue weighted by Crippen LogP contribution is 2.25. The third-order valence-corrected chi connectivity index (χ3v) is 6.47. The number of hydrogen-bond donors (Lipinski definition) is 2. The van der Waals surface area contributed by atoms with E-state index in [2.05, 4.69) is 21.0 Å². The third kappa shape index (κ3) is 6.07. The number of aryl methyl sites for hydroxylation is 1. The lowest BCUT2D eigenvalue weighted by atomic mass is 10.1. The van der Waals surface area contributed by atoms with Crippen molar-refractivity contribution in [3.63, 3.8) is 0 Å². The lowest BCUT2D eigenvalue weighted by Crippen LogP contribution is -2.37. The first-order chi connectivity index (χ1) is 13.1. The molecule has 1 saturated carbocycles. The van der Waals surface area contributed by atoms with Crippen LogP contribution in [0, 0.1) is 12.8 Å². The monoisotopic (exact) mass is 403 g/mol. The Kier molecular flexibility index (Phi) is 7.29. The summed E-state index contributed by atoms with van der Waals surface area (Å²) in [5.74, 6) is 1.01. The Morgan fingerprint density at radius 2 is 1.85 bits per heavy atom. The van der Waals surface area contributed by atoms with Crippen LogP contribution in [0.3, 0.4) is 0 Å². The smallest absolute Gasteiger partial charge is 0.251 e. The zero-order valence-electron chi connectivity index (χ0n) is 15.5. The molecule has 0 aliphatic heterocycles. The van der Waals surface area contributed by atoms with Gasteiger partial charge in [0, 0.05) is 40.6 Å². The zero-order chi connectivity index (χ0) is 19.1. The molecule has 2 amide bonds. The van der Waals surface area contributed by atoms with Gasteiger partial charge >= 0.3 is 0 Å². The van der Waals surface area contributed by atoms with E-state index in [-0.39, 0.29) is 17.7 Å². The van der Waals surface area contributed by atoms with Gasteiger partial charge in [0.05, 0.1) is 10.7 Å². The number of nitrogens with one attached hydrogen (secondary N) is 2. The number of benzene rings is 1. The number of amides is 2. The lowest BCUT2D eigenvalue weighted by molar-refractivity contribution is -0.124. The average molecular weight is 404 g/mol. The van der Waals surface area contributed by atoms with Gasteiger partial charge in [-0.1, -0.05) is 12.8 Å². The summed E-state index contributed by atoms with van der Waals surface area (Å²) in [4.78, 5) is 29.7. The summed E-state index contributed by atoms with van der Waals surface area (Å²) in [5.41, 5.74) is 1.72. The minimum absolute atomic E-state index is 0.114. The molecule has 7 heteroatoms. The largest absolute Gasteiger partial charge is 0.354 e. The van der Waals surface area contributed by atoms with Crippen LogP contribution in [0.25, 0.3) is 0 Å². The first-order valence-electron chi connectivity index (χ1n) is 9.31. The Labute approximate surface area is 168 Å². The maximum Gasteiger partial charge on any atom is 0.251 e. The molecule has 1 fully saturated rings. The fourth-order valence-electron chi connectivity index (χ4n) is 3.13. The van der Waals surface area contributed by atoms with Gasteiger partial charge in [-0.15, -0.1) is 23.1 Å². The van der Waals surface area contributed by atoms with Crippen molar-refractivity contribution < 1.29 is 9.59 Å². The minimum atomic E-state index is -0.114. The van der Waals surface area contributed by atoms with Crippen LogP contribution < -0.4 is 10.6 Å². The molecule has 0 unspecified atom stereocenters. The molecule has 1 aliphatic rings. The maximum atomic E-state index is 12.2. The van der Waals surface area contributed by atoms with Crippen LogP contribution in [0.4, 0.5) is 0 Å². The molecule has 0 atom stereocenters. The first-order valence-corrected chi connectivity index (χ1v) is 11.2. The second kappa shape index (κ2) is 9.90. The van der Waals surface area contributed by atoms with E-state index in [1.165, 1.54) is 0 Å². The zero-order valence-corrected chi connectivity index (χ0v) is 17.1. The summed E-state index contributed by atoms with van der Waals surface area (Å²) in [6.45, 7) is 2.92. The molecular formula is C20H25N3O2S2. The summed E-state index contributed by atoms with van der Waals surface area (Å²) in [6, 6.07) is 7.59. The van der Waals surface area contributed by atoms with Gasteiger partial charge in [-0.05, 0) is 44.0 Å². The minimum Gasteiger partial charge on any atom is -0.354 e. The van der Waals surface area contributed by atoms with Gasteiger partial charge in [-0.2, -0.15) is 0 Å². The fourth-order valence-corrected chi connectivity index (χ4v) is 4.64. The Balaban J connectivity index is 1.37. The Morgan fingerprint density at radius 3 is 2.52 bits per heavy atom. The van der Waals surface area contributed by atoms with E-state index in [0.29, 0.717) is 18.7 Å². The van der Waals surface area contributed by atoms with Crippen LogP contribution in [0.15, 0.2) is 34.5 Å². The second-order valence-corrected chi connectivity index (χ2v) is 8.81. The molecule has 2 N–H and O–H groups in total. The van der Waals surface area contributed by atoms with Crippen molar-refractivity contribution in [3.8, 4) is 0 Å². The van der Waals surface area contributed by atoms with Gasteiger partial charge in [0.1, 0.15) is 0 Å². The SMILES string of the molecule is Cc1nc(CSc2ccc(C(=O)NCCNC(=O)C3CCCC3)cc2)cs1. The number of nitrogens with zero attached hydrogens (tertiary/aromatic N) is 1. The molecule has 0 radical (unpaired) electrons. The molecule has 27 heavy (non-hydrogen) atoms. The highest BCUT2D eigenvalue weighted by atomic mass is 32.2. The average Bonchev–Trinajstić information content (AvgIpc) is 3.35. The Hall–Kier alpha value is -1.86. The van der Waals surface area contributed by atoms with Crippen LogP contribution in [0.5, 0.6) is 0 Å². The molecule has 2 aromatic rings. The van der Waals surface area contributed by atoms with Gasteiger partial charge in [-0.3, -0.25) is 9.59 Å². The van der Waals surface area contributed by atoms with Crippen LogP contribution in [0.1, 0.15) is 46.7 Å². The first kappa shape index (κ1) is 19.9. The fraction of sp³-hybridized carbons (Fsp3) is 0.450. The predicted molar refractivity (Wildman–Crippen MR) is 110 cm³/mol. The predicted octanol–water partition coefficient (Wildman–Crippen LogP) is 3.78. The quantitative estimate of drug-likeness (QED) is 0.520. The number of hydrogen-bond acceptors (Lipinski definition) is 5. The number of rotatable bonds is 8. The van der Waals surface area contributed by atoms with Crippen LogP contribution >= 0.6 is 23.1 Å². The number of thioether (sulfide) groups is 1. The molecule has 1 heterocycles. The van der Waals surface area contributed by atoms with Crippen molar-refractivity contribution >= 4 is 34.9 Å². The van der Waals surface area contributed by atoms with E-state index in [1.807, 2.05) is 31.2 Å². The number of carbonyl (C=O) groups excluding carboxylic acids is 2. The van der Waals surface area contributed by atoms with Crippen molar-refractivity contribution in [1.82, 2.24) is 15.6 Å². The van der Waals surface area contributed by atoms with Crippen molar-refractivity contribution in [2.75, 3.05) is 13.1 Å². The highest BCUT2D eigenvalue weighted by molar-refractivity contribution is 7.98. The lowest BCUT2D eigenvalue weighted by Gasteiger charge is -2.11. The van der Waals surface area contributed by atoms with Crippen molar-refractivity contribution in [2.24, 2.45) is 5.92 Å². The summed E-state index contributed by atoms with van der Waals surface area (Å²) >= 11 is 3.37. The normalized spacial score (nSPS) is 14.3. The molecule has 5 nitrogen and oxygen atoms in total. The van der Waals surface area contributed by atoms with Gasteiger partial charge in [0.15, 0.2) is 0 Å². The number of aromatic nitrogens is 1. The summed E-state index contributed by atoms with van der Waals surface area (Å²) in [5, 5.41) is 8.93. The number of carbonyl (C=O) groups is 2. The molecule has 1 aliphatic carbocycles. The van der Waals surface area contributed by atoms with Crippen LogP contribution in [0.2, 0.25) is 0 Å². The molecule has 144 valence electrons. The van der Waals surface area contributed by atoms with E-state index in [9.17, 15) is 9.59 Å². The highest BCUT2D eigenvalue weighted by Gasteiger charge is 2.21. The van der Waals surface area contributed by atoms with Crippen LogP contribution in [-0.4, -0.2) is 29.9 Å². The van der Waals surface area contributed by atoms with E-state index in [4.69, 9.17) is 0 Å². The van der Waals surface area contributed by atoms with E-state index < -0.39 is 0 Å². The molecule has 0 bridgehead atoms. The van der Waals surface area contributed by atoms with Crippen molar-refractivity contribution in [3.05, 3.63) is 45.9 Å². The van der Waals surface area contributed by atoms with Gasteiger partial charge in [0.2, 0.25) is 5.91 Å². The Bertz CT molecular complexity index is 768. The topological polar surface area (TPSA) is 71.1 Å². The van der Waals surface area contributed by atoms with E-state index in [1.54, 1.807) is 23.1 Å². The van der Waals surface area contributed by atoms with Gasteiger partial charge in [0.25, 0.3) is 5.91 Å². The van der Waals surface area contributed by atoms with Crippen LogP contribution in [-0.2, 0) is 10.5 Å². The standard InChI is InChI=1S/C20H25N3O2S2/c1-14-23-17(12-26-14)13-27-18-8-6-16(7-9-18)20(25)22-11-10-21-19(24)15-4-2-3-5-15/h6-9,12,15H,2-5,10-11,13H2,1H3,(H,21,24)(H,22,25).